The standard InChI is InChI=1S/C19H26N2O2S/c1-8-23-16(22)13-14(11(2)3)21-12-9-18(4,5)10-19(6,7)15(12)24-17(21)20-13/h2,8-10H2,1,3-7H3. The van der Waals surface area contributed by atoms with Crippen LogP contribution >= 0.6 is 11.3 Å². The van der Waals surface area contributed by atoms with Crippen molar-refractivity contribution in [3.8, 4) is 0 Å². The Labute approximate surface area is 147 Å². The van der Waals surface area contributed by atoms with Gasteiger partial charge in [0.15, 0.2) is 10.7 Å². The molecule has 0 amide bonds. The molecular formula is C19H26N2O2S. The Kier molecular flexibility index (Phi) is 3.91. The van der Waals surface area contributed by atoms with Gasteiger partial charge in [-0.05, 0) is 37.7 Å². The van der Waals surface area contributed by atoms with Gasteiger partial charge in [0.2, 0.25) is 0 Å². The minimum absolute atomic E-state index is 0.110. The highest BCUT2D eigenvalue weighted by Crippen LogP contribution is 2.49. The lowest BCUT2D eigenvalue weighted by molar-refractivity contribution is 0.0520. The minimum atomic E-state index is -0.366. The van der Waals surface area contributed by atoms with Gasteiger partial charge >= 0.3 is 5.97 Å². The first-order valence-electron chi connectivity index (χ1n) is 8.45. The number of fused-ring (bicyclic) bond motifs is 3. The Morgan fingerprint density at radius 2 is 2.04 bits per heavy atom. The number of aromatic nitrogens is 2. The number of carbonyl (C=O) groups is 1. The number of carbonyl (C=O) groups excluding carboxylic acids is 1. The van der Waals surface area contributed by atoms with E-state index in [4.69, 9.17) is 4.74 Å². The number of hydrogen-bond donors (Lipinski definition) is 0. The maximum Gasteiger partial charge on any atom is 0.359 e. The number of esters is 1. The zero-order valence-electron chi connectivity index (χ0n) is 15.4. The predicted molar refractivity (Wildman–Crippen MR) is 98.9 cm³/mol. The van der Waals surface area contributed by atoms with Crippen LogP contribution in [0.2, 0.25) is 0 Å². The van der Waals surface area contributed by atoms with Crippen LogP contribution in [-0.4, -0.2) is 22.0 Å². The smallest absolute Gasteiger partial charge is 0.359 e. The van der Waals surface area contributed by atoms with E-state index < -0.39 is 0 Å². The van der Waals surface area contributed by atoms with Gasteiger partial charge in [0.25, 0.3) is 0 Å². The molecule has 0 bridgehead atoms. The molecule has 0 aliphatic heterocycles. The van der Waals surface area contributed by atoms with E-state index in [1.165, 1.54) is 10.6 Å². The molecule has 0 N–H and O–H groups in total. The van der Waals surface area contributed by atoms with Crippen LogP contribution in [0.15, 0.2) is 6.58 Å². The van der Waals surface area contributed by atoms with Crippen molar-refractivity contribution in [2.24, 2.45) is 5.41 Å². The van der Waals surface area contributed by atoms with Crippen LogP contribution in [0.25, 0.3) is 10.5 Å². The number of ether oxygens (including phenoxy) is 1. The molecule has 0 saturated carbocycles. The number of imidazole rings is 1. The number of nitrogens with zero attached hydrogens (tertiary/aromatic N) is 2. The van der Waals surface area contributed by atoms with E-state index in [-0.39, 0.29) is 16.8 Å². The fraction of sp³-hybridized carbons (Fsp3) is 0.579. The zero-order valence-corrected chi connectivity index (χ0v) is 16.3. The van der Waals surface area contributed by atoms with Gasteiger partial charge in [-0.1, -0.05) is 34.3 Å². The first-order valence-corrected chi connectivity index (χ1v) is 9.26. The topological polar surface area (TPSA) is 43.6 Å². The van der Waals surface area contributed by atoms with E-state index in [2.05, 4.69) is 43.7 Å². The molecule has 1 aliphatic carbocycles. The van der Waals surface area contributed by atoms with Crippen molar-refractivity contribution < 1.29 is 9.53 Å². The average Bonchev–Trinajstić information content (AvgIpc) is 2.94. The summed E-state index contributed by atoms with van der Waals surface area (Å²) in [4.78, 5) is 19.2. The molecular weight excluding hydrogens is 320 g/mol. The Balaban J connectivity index is 2.30. The quantitative estimate of drug-likeness (QED) is 0.746. The van der Waals surface area contributed by atoms with Crippen molar-refractivity contribution in [2.45, 2.75) is 59.8 Å². The van der Waals surface area contributed by atoms with Gasteiger partial charge in [-0.25, -0.2) is 9.78 Å². The normalized spacial score (nSPS) is 18.4. The Morgan fingerprint density at radius 1 is 1.38 bits per heavy atom. The maximum atomic E-state index is 12.3. The molecule has 0 fully saturated rings. The van der Waals surface area contributed by atoms with E-state index >= 15 is 0 Å². The van der Waals surface area contributed by atoms with Crippen molar-refractivity contribution in [1.29, 1.82) is 0 Å². The summed E-state index contributed by atoms with van der Waals surface area (Å²) in [5, 5.41) is 0. The fourth-order valence-corrected chi connectivity index (χ4v) is 5.43. The Hall–Kier alpha value is -1.62. The molecule has 5 heteroatoms. The number of allylic oxidation sites excluding steroid dienone is 1. The second-order valence-corrected chi connectivity index (χ2v) is 9.18. The molecule has 2 aromatic rings. The highest BCUT2D eigenvalue weighted by molar-refractivity contribution is 7.17. The summed E-state index contributed by atoms with van der Waals surface area (Å²) in [6.45, 7) is 17.4. The third-order valence-electron chi connectivity index (χ3n) is 4.63. The summed E-state index contributed by atoms with van der Waals surface area (Å²) in [7, 11) is 0. The van der Waals surface area contributed by atoms with E-state index in [1.807, 2.05) is 13.8 Å². The Bertz CT molecular complexity index is 839. The molecule has 1 aliphatic rings. The zero-order chi connectivity index (χ0) is 17.9. The SMILES string of the molecule is C=C(C)c1c(C(=O)OCC)nc2sc3c(n12)CC(C)(C)CC3(C)C. The second-order valence-electron chi connectivity index (χ2n) is 8.21. The van der Waals surface area contributed by atoms with Gasteiger partial charge in [-0.2, -0.15) is 0 Å². The van der Waals surface area contributed by atoms with Crippen molar-refractivity contribution in [1.82, 2.24) is 9.38 Å². The van der Waals surface area contributed by atoms with E-state index in [0.29, 0.717) is 12.3 Å². The van der Waals surface area contributed by atoms with Crippen LogP contribution in [-0.2, 0) is 16.6 Å². The largest absolute Gasteiger partial charge is 0.461 e. The number of thiazole rings is 1. The number of rotatable bonds is 3. The lowest BCUT2D eigenvalue weighted by atomic mass is 9.67. The molecule has 0 aromatic carbocycles. The molecule has 0 unspecified atom stereocenters. The van der Waals surface area contributed by atoms with Crippen LogP contribution in [0.4, 0.5) is 0 Å². The van der Waals surface area contributed by atoms with E-state index in [9.17, 15) is 4.79 Å². The van der Waals surface area contributed by atoms with Crippen LogP contribution in [0.5, 0.6) is 0 Å². The average molecular weight is 346 g/mol. The van der Waals surface area contributed by atoms with Gasteiger partial charge in [0.1, 0.15) is 0 Å². The van der Waals surface area contributed by atoms with Gasteiger partial charge in [0.05, 0.1) is 12.3 Å². The molecule has 2 aromatic heterocycles. The number of hydrogen-bond acceptors (Lipinski definition) is 4. The lowest BCUT2D eigenvalue weighted by Gasteiger charge is -2.40. The molecule has 0 spiro atoms. The first-order chi connectivity index (χ1) is 11.1. The highest BCUT2D eigenvalue weighted by Gasteiger charge is 2.41. The van der Waals surface area contributed by atoms with E-state index in [0.717, 1.165) is 29.1 Å². The highest BCUT2D eigenvalue weighted by atomic mass is 32.1. The van der Waals surface area contributed by atoms with Gasteiger partial charge < -0.3 is 4.74 Å². The fourth-order valence-electron chi connectivity index (χ4n) is 4.19. The van der Waals surface area contributed by atoms with Crippen LogP contribution in [0.1, 0.15) is 74.7 Å². The van der Waals surface area contributed by atoms with Gasteiger partial charge in [0, 0.05) is 16.0 Å². The van der Waals surface area contributed by atoms with Crippen molar-refractivity contribution in [3.05, 3.63) is 28.5 Å². The molecule has 24 heavy (non-hydrogen) atoms. The third kappa shape index (κ3) is 2.59. The van der Waals surface area contributed by atoms with Crippen LogP contribution in [0, 0.1) is 5.41 Å². The molecule has 0 saturated heterocycles. The lowest BCUT2D eigenvalue weighted by Crippen LogP contribution is -2.34. The van der Waals surface area contributed by atoms with Gasteiger partial charge in [-0.3, -0.25) is 4.40 Å². The molecule has 4 nitrogen and oxygen atoms in total. The van der Waals surface area contributed by atoms with Crippen molar-refractivity contribution in [3.63, 3.8) is 0 Å². The van der Waals surface area contributed by atoms with Crippen molar-refractivity contribution in [2.75, 3.05) is 6.61 Å². The second kappa shape index (κ2) is 5.45. The Morgan fingerprint density at radius 3 is 2.62 bits per heavy atom. The molecule has 130 valence electrons. The van der Waals surface area contributed by atoms with Gasteiger partial charge in [-0.15, -0.1) is 11.3 Å². The third-order valence-corrected chi connectivity index (χ3v) is 6.07. The van der Waals surface area contributed by atoms with Crippen LogP contribution in [0.3, 0.4) is 0 Å². The van der Waals surface area contributed by atoms with Crippen molar-refractivity contribution >= 4 is 27.8 Å². The summed E-state index contributed by atoms with van der Waals surface area (Å²) in [5.41, 5.74) is 3.63. The maximum absolute atomic E-state index is 12.3. The molecule has 2 heterocycles. The summed E-state index contributed by atoms with van der Waals surface area (Å²) in [5.74, 6) is -0.366. The van der Waals surface area contributed by atoms with Crippen LogP contribution < -0.4 is 0 Å². The molecule has 3 rings (SSSR count). The first kappa shape index (κ1) is 17.2. The minimum Gasteiger partial charge on any atom is -0.461 e. The summed E-state index contributed by atoms with van der Waals surface area (Å²) < 4.78 is 7.34. The molecule has 0 atom stereocenters. The van der Waals surface area contributed by atoms with E-state index in [1.54, 1.807) is 11.3 Å². The molecule has 0 radical (unpaired) electrons. The summed E-state index contributed by atoms with van der Waals surface area (Å²) in [6, 6.07) is 0. The summed E-state index contributed by atoms with van der Waals surface area (Å²) in [6.07, 6.45) is 2.12. The predicted octanol–water partition coefficient (Wildman–Crippen LogP) is 4.86. The monoisotopic (exact) mass is 346 g/mol. The summed E-state index contributed by atoms with van der Waals surface area (Å²) >= 11 is 1.70.